The first-order valence-corrected chi connectivity index (χ1v) is 5.54. The molecule has 2 N–H and O–H groups in total. The summed E-state index contributed by atoms with van der Waals surface area (Å²) in [6, 6.07) is 7.36. The Morgan fingerprint density at radius 3 is 2.28 bits per heavy atom. The lowest BCUT2D eigenvalue weighted by Crippen LogP contribution is -2.04. The molecule has 0 atom stereocenters. The number of hydrogen-bond acceptors (Lipinski definition) is 4. The van der Waals surface area contributed by atoms with Crippen LogP contribution in [0.2, 0.25) is 0 Å². The van der Waals surface area contributed by atoms with E-state index in [0.717, 1.165) is 18.9 Å². The average Bonchev–Trinajstić information content (AvgIpc) is 2.26. The fraction of sp³-hybridized carbons (Fsp3) is 0.385. The van der Waals surface area contributed by atoms with E-state index in [1.54, 1.807) is 6.07 Å². The molecule has 0 aliphatic rings. The van der Waals surface area contributed by atoms with Crippen molar-refractivity contribution in [3.05, 3.63) is 29.8 Å². The van der Waals surface area contributed by atoms with Crippen molar-refractivity contribution in [1.82, 2.24) is 0 Å². The lowest BCUT2D eigenvalue weighted by molar-refractivity contribution is -0.134. The van der Waals surface area contributed by atoms with Crippen LogP contribution in [0, 0.1) is 0 Å². The molecule has 5 nitrogen and oxygen atoms in total. The third-order valence-electron chi connectivity index (χ3n) is 1.83. The number of aliphatic hydroxyl groups is 1. The minimum Gasteiger partial charge on any atom is -0.481 e. The number of aliphatic carboxylic acids is 1. The Kier molecular flexibility index (Phi) is 8.22. The lowest BCUT2D eigenvalue weighted by atomic mass is 10.1. The summed E-state index contributed by atoms with van der Waals surface area (Å²) in [6.45, 7) is 2.61. The molecule has 0 aromatic heterocycles. The molecular formula is C13H18O5. The maximum Gasteiger partial charge on any atom is 0.308 e. The van der Waals surface area contributed by atoms with Crippen LogP contribution in [-0.2, 0) is 16.0 Å². The van der Waals surface area contributed by atoms with E-state index in [0.29, 0.717) is 12.2 Å². The van der Waals surface area contributed by atoms with E-state index in [1.807, 2.05) is 18.2 Å². The lowest BCUT2D eigenvalue weighted by Gasteiger charge is -2.07. The van der Waals surface area contributed by atoms with E-state index in [1.165, 1.54) is 6.92 Å². The van der Waals surface area contributed by atoms with Gasteiger partial charge in [-0.05, 0) is 24.5 Å². The van der Waals surface area contributed by atoms with Gasteiger partial charge in [0.25, 0.3) is 5.97 Å². The summed E-state index contributed by atoms with van der Waals surface area (Å²) >= 11 is 0. The van der Waals surface area contributed by atoms with E-state index >= 15 is 0 Å². The molecule has 0 aliphatic carbocycles. The van der Waals surface area contributed by atoms with Gasteiger partial charge in [0.2, 0.25) is 0 Å². The van der Waals surface area contributed by atoms with Gasteiger partial charge in [-0.25, -0.2) is 0 Å². The SMILES string of the molecule is CC(=O)O.CC(=O)Oc1ccccc1CCCO. The van der Waals surface area contributed by atoms with Gasteiger partial charge in [0.15, 0.2) is 0 Å². The highest BCUT2D eigenvalue weighted by atomic mass is 16.5. The topological polar surface area (TPSA) is 83.8 Å². The summed E-state index contributed by atoms with van der Waals surface area (Å²) < 4.78 is 5.02. The molecule has 0 unspecified atom stereocenters. The minimum absolute atomic E-state index is 0.147. The quantitative estimate of drug-likeness (QED) is 0.630. The first kappa shape index (κ1) is 16.1. The highest BCUT2D eigenvalue weighted by molar-refractivity contribution is 5.69. The van der Waals surface area contributed by atoms with Gasteiger partial charge in [0.05, 0.1) is 0 Å². The number of carbonyl (C=O) groups is 2. The molecule has 0 heterocycles. The van der Waals surface area contributed by atoms with Crippen molar-refractivity contribution in [2.45, 2.75) is 26.7 Å². The Labute approximate surface area is 106 Å². The van der Waals surface area contributed by atoms with Gasteiger partial charge in [-0.15, -0.1) is 0 Å². The predicted octanol–water partition coefficient (Wildman–Crippen LogP) is 1.63. The fourth-order valence-corrected chi connectivity index (χ4v) is 1.23. The van der Waals surface area contributed by atoms with Crippen LogP contribution in [0.25, 0.3) is 0 Å². The van der Waals surface area contributed by atoms with E-state index in [4.69, 9.17) is 19.7 Å². The van der Waals surface area contributed by atoms with Gasteiger partial charge in [-0.3, -0.25) is 9.59 Å². The number of aliphatic hydroxyl groups excluding tert-OH is 1. The highest BCUT2D eigenvalue weighted by Gasteiger charge is 2.04. The Balaban J connectivity index is 0.000000631. The standard InChI is InChI=1S/C11H14O3.C2H4O2/c1-9(13)14-11-7-3-2-5-10(11)6-4-8-12;1-2(3)4/h2-3,5,7,12H,4,6,8H2,1H3;1H3,(H,3,4). The van der Waals surface area contributed by atoms with Crippen molar-refractivity contribution in [3.8, 4) is 5.75 Å². The van der Waals surface area contributed by atoms with Gasteiger partial charge < -0.3 is 14.9 Å². The number of carbonyl (C=O) groups excluding carboxylic acids is 1. The van der Waals surface area contributed by atoms with Crippen molar-refractivity contribution >= 4 is 11.9 Å². The van der Waals surface area contributed by atoms with Crippen LogP contribution in [0.3, 0.4) is 0 Å². The minimum atomic E-state index is -0.833. The predicted molar refractivity (Wildman–Crippen MR) is 66.5 cm³/mol. The molecule has 5 heteroatoms. The van der Waals surface area contributed by atoms with Gasteiger partial charge >= 0.3 is 5.97 Å². The van der Waals surface area contributed by atoms with E-state index in [9.17, 15) is 4.79 Å². The number of carboxylic acid groups (broad SMARTS) is 1. The highest BCUT2D eigenvalue weighted by Crippen LogP contribution is 2.19. The van der Waals surface area contributed by atoms with Gasteiger partial charge in [0, 0.05) is 20.5 Å². The fourth-order valence-electron chi connectivity index (χ4n) is 1.23. The molecule has 0 saturated carbocycles. The number of carboxylic acids is 1. The first-order valence-electron chi connectivity index (χ1n) is 5.54. The van der Waals surface area contributed by atoms with Crippen molar-refractivity contribution in [2.75, 3.05) is 6.61 Å². The van der Waals surface area contributed by atoms with Crippen LogP contribution in [0.1, 0.15) is 25.8 Å². The zero-order valence-electron chi connectivity index (χ0n) is 10.5. The van der Waals surface area contributed by atoms with Crippen LogP contribution < -0.4 is 4.74 Å². The third-order valence-corrected chi connectivity index (χ3v) is 1.83. The molecule has 0 fully saturated rings. The van der Waals surface area contributed by atoms with E-state index in [-0.39, 0.29) is 12.6 Å². The molecule has 100 valence electrons. The summed E-state index contributed by atoms with van der Waals surface area (Å²) in [6.07, 6.45) is 1.40. The zero-order chi connectivity index (χ0) is 14.0. The second kappa shape index (κ2) is 9.18. The van der Waals surface area contributed by atoms with Crippen LogP contribution >= 0.6 is 0 Å². The number of benzene rings is 1. The van der Waals surface area contributed by atoms with Crippen LogP contribution in [0.4, 0.5) is 0 Å². The average molecular weight is 254 g/mol. The molecule has 0 spiro atoms. The molecule has 0 amide bonds. The number of para-hydroxylation sites is 1. The van der Waals surface area contributed by atoms with Gasteiger partial charge in [-0.2, -0.15) is 0 Å². The van der Waals surface area contributed by atoms with Crippen LogP contribution in [0.15, 0.2) is 24.3 Å². The molecule has 0 radical (unpaired) electrons. The molecule has 0 saturated heterocycles. The number of hydrogen-bond donors (Lipinski definition) is 2. The van der Waals surface area contributed by atoms with Crippen LogP contribution in [0.5, 0.6) is 5.75 Å². The van der Waals surface area contributed by atoms with Crippen molar-refractivity contribution < 1.29 is 24.5 Å². The molecule has 1 rings (SSSR count). The number of rotatable bonds is 4. The Morgan fingerprint density at radius 1 is 1.22 bits per heavy atom. The molecule has 0 bridgehead atoms. The zero-order valence-corrected chi connectivity index (χ0v) is 10.5. The normalized spacial score (nSPS) is 9.06. The maximum atomic E-state index is 10.8. The molecule has 1 aromatic rings. The second-order valence-corrected chi connectivity index (χ2v) is 3.55. The van der Waals surface area contributed by atoms with Crippen molar-refractivity contribution in [1.29, 1.82) is 0 Å². The Morgan fingerprint density at radius 2 is 1.78 bits per heavy atom. The van der Waals surface area contributed by atoms with Crippen molar-refractivity contribution in [2.24, 2.45) is 0 Å². The largest absolute Gasteiger partial charge is 0.481 e. The summed E-state index contributed by atoms with van der Waals surface area (Å²) in [5.41, 5.74) is 0.955. The van der Waals surface area contributed by atoms with E-state index in [2.05, 4.69) is 0 Å². The molecule has 18 heavy (non-hydrogen) atoms. The maximum absolute atomic E-state index is 10.8. The second-order valence-electron chi connectivity index (χ2n) is 3.55. The molecular weight excluding hydrogens is 236 g/mol. The third kappa shape index (κ3) is 8.29. The molecule has 1 aromatic carbocycles. The number of ether oxygens (including phenoxy) is 1. The first-order chi connectivity index (χ1) is 8.47. The Hall–Kier alpha value is -1.88. The summed E-state index contributed by atoms with van der Waals surface area (Å²) in [4.78, 5) is 19.8. The van der Waals surface area contributed by atoms with Gasteiger partial charge in [-0.1, -0.05) is 18.2 Å². The van der Waals surface area contributed by atoms with Crippen LogP contribution in [-0.4, -0.2) is 28.8 Å². The Bertz CT molecular complexity index is 383. The summed E-state index contributed by atoms with van der Waals surface area (Å²) in [5.74, 6) is -0.560. The monoisotopic (exact) mass is 254 g/mol. The summed E-state index contributed by atoms with van der Waals surface area (Å²) in [7, 11) is 0. The van der Waals surface area contributed by atoms with Gasteiger partial charge in [0.1, 0.15) is 5.75 Å². The number of esters is 1. The van der Waals surface area contributed by atoms with E-state index < -0.39 is 5.97 Å². The number of aryl methyl sites for hydroxylation is 1. The summed E-state index contributed by atoms with van der Waals surface area (Å²) in [5, 5.41) is 16.1. The smallest absolute Gasteiger partial charge is 0.308 e. The van der Waals surface area contributed by atoms with Crippen molar-refractivity contribution in [3.63, 3.8) is 0 Å². The molecule has 0 aliphatic heterocycles.